The number of benzene rings is 2. The van der Waals surface area contributed by atoms with Crippen molar-refractivity contribution >= 4 is 23.7 Å². The highest BCUT2D eigenvalue weighted by Gasteiger charge is 2.37. The fraction of sp³-hybridized carbons (Fsp3) is 0.448. The quantitative estimate of drug-likeness (QED) is 0.147. The van der Waals surface area contributed by atoms with Crippen LogP contribution in [0.4, 0.5) is 0 Å². The van der Waals surface area contributed by atoms with Crippen molar-refractivity contribution in [3.05, 3.63) is 71.8 Å². The van der Waals surface area contributed by atoms with E-state index >= 15 is 0 Å². The number of aliphatic imine (C=N–C) groups is 1. The molecular formula is C29H39N5O5. The number of carbonyl (C=O) groups is 3. The molecule has 0 bridgehead atoms. The van der Waals surface area contributed by atoms with Crippen molar-refractivity contribution in [2.24, 2.45) is 22.4 Å². The first-order chi connectivity index (χ1) is 18.8. The van der Waals surface area contributed by atoms with Gasteiger partial charge in [0, 0.05) is 13.1 Å². The average Bonchev–Trinajstić information content (AvgIpc) is 2.93. The van der Waals surface area contributed by atoms with E-state index in [1.165, 1.54) is 0 Å². The molecule has 2 aromatic carbocycles. The van der Waals surface area contributed by atoms with Crippen molar-refractivity contribution in [3.63, 3.8) is 0 Å². The third-order valence-corrected chi connectivity index (χ3v) is 7.09. The van der Waals surface area contributed by atoms with Gasteiger partial charge in [0.05, 0.1) is 12.0 Å². The van der Waals surface area contributed by atoms with E-state index in [2.05, 4.69) is 10.3 Å². The van der Waals surface area contributed by atoms with Gasteiger partial charge in [-0.15, -0.1) is 0 Å². The van der Waals surface area contributed by atoms with E-state index < -0.39 is 30.4 Å². The van der Waals surface area contributed by atoms with E-state index in [0.29, 0.717) is 25.8 Å². The Balaban J connectivity index is 2.01. The van der Waals surface area contributed by atoms with E-state index in [1.807, 2.05) is 60.7 Å². The number of carboxylic acids is 1. The molecule has 0 spiro atoms. The van der Waals surface area contributed by atoms with Crippen LogP contribution in [0.1, 0.15) is 55.6 Å². The van der Waals surface area contributed by atoms with Gasteiger partial charge in [0.2, 0.25) is 11.8 Å². The highest BCUT2D eigenvalue weighted by molar-refractivity contribution is 5.93. The summed E-state index contributed by atoms with van der Waals surface area (Å²) in [4.78, 5) is 44.8. The molecule has 2 aromatic rings. The van der Waals surface area contributed by atoms with Crippen molar-refractivity contribution < 1.29 is 24.6 Å². The van der Waals surface area contributed by atoms with Crippen LogP contribution in [0.15, 0.2) is 65.7 Å². The Morgan fingerprint density at radius 2 is 1.51 bits per heavy atom. The third kappa shape index (κ3) is 9.10. The van der Waals surface area contributed by atoms with Gasteiger partial charge >= 0.3 is 5.97 Å². The number of carbonyl (C=O) groups excluding carboxylic acids is 2. The molecule has 2 amide bonds. The second-order valence-electron chi connectivity index (χ2n) is 10.00. The predicted molar refractivity (Wildman–Crippen MR) is 149 cm³/mol. The minimum Gasteiger partial charge on any atom is -0.480 e. The molecule has 0 radical (unpaired) electrons. The summed E-state index contributed by atoms with van der Waals surface area (Å²) in [5.41, 5.74) is 12.5. The number of aliphatic carboxylic acids is 1. The normalized spacial score (nSPS) is 17.7. The number of aliphatic hydroxyl groups excluding tert-OH is 1. The van der Waals surface area contributed by atoms with Crippen molar-refractivity contribution in [1.82, 2.24) is 10.2 Å². The van der Waals surface area contributed by atoms with E-state index in [0.717, 1.165) is 24.0 Å². The van der Waals surface area contributed by atoms with Gasteiger partial charge in [0.25, 0.3) is 0 Å². The van der Waals surface area contributed by atoms with Crippen LogP contribution in [-0.4, -0.2) is 70.6 Å². The van der Waals surface area contributed by atoms with Crippen LogP contribution in [0.5, 0.6) is 0 Å². The van der Waals surface area contributed by atoms with Crippen molar-refractivity contribution in [2.75, 3.05) is 19.6 Å². The molecular weight excluding hydrogens is 498 g/mol. The maximum absolute atomic E-state index is 14.5. The summed E-state index contributed by atoms with van der Waals surface area (Å²) in [5.74, 6) is -2.58. The molecule has 7 N–H and O–H groups in total. The molecule has 1 aliphatic carbocycles. The van der Waals surface area contributed by atoms with E-state index in [-0.39, 0.29) is 36.9 Å². The summed E-state index contributed by atoms with van der Waals surface area (Å²) in [7, 11) is 0. The number of nitrogens with zero attached hydrogens (tertiary/aromatic N) is 2. The summed E-state index contributed by atoms with van der Waals surface area (Å²) in [5, 5.41) is 21.7. The number of nitrogens with two attached hydrogens (primary N) is 2. The minimum absolute atomic E-state index is 0.0659. The SMILES string of the molecule is NC(N)=NCCC[C@H](C(=O)NCC(=O)O)N(CC1CCC(O)CC1)C(=O)C(c1ccccc1)c1ccccc1. The lowest BCUT2D eigenvalue weighted by Gasteiger charge is -2.38. The Morgan fingerprint density at radius 3 is 2.03 bits per heavy atom. The number of aliphatic hydroxyl groups is 1. The number of hydrogen-bond acceptors (Lipinski definition) is 5. The van der Waals surface area contributed by atoms with Crippen LogP contribution in [0, 0.1) is 5.92 Å². The number of guanidine groups is 1. The molecule has 1 atom stereocenters. The van der Waals surface area contributed by atoms with Crippen molar-refractivity contribution in [1.29, 1.82) is 0 Å². The molecule has 0 aliphatic heterocycles. The third-order valence-electron chi connectivity index (χ3n) is 7.09. The van der Waals surface area contributed by atoms with Gasteiger partial charge in [-0.3, -0.25) is 19.4 Å². The Bertz CT molecular complexity index is 1060. The van der Waals surface area contributed by atoms with Gasteiger partial charge in [0.1, 0.15) is 12.6 Å². The lowest BCUT2D eigenvalue weighted by molar-refractivity contribution is -0.143. The summed E-state index contributed by atoms with van der Waals surface area (Å²) in [6.07, 6.45) is 3.02. The molecule has 0 saturated heterocycles. The average molecular weight is 538 g/mol. The zero-order valence-corrected chi connectivity index (χ0v) is 22.1. The maximum atomic E-state index is 14.5. The Hall–Kier alpha value is -3.92. The number of hydrogen-bond donors (Lipinski definition) is 5. The number of nitrogens with one attached hydrogen (secondary N) is 1. The second-order valence-corrected chi connectivity index (χ2v) is 10.00. The highest BCUT2D eigenvalue weighted by Crippen LogP contribution is 2.31. The standard InChI is InChI=1S/C29H39N5O5/c30-29(31)32-17-7-12-24(27(38)33-18-25(36)37)34(19-20-13-15-23(35)16-14-20)28(39)26(21-8-3-1-4-9-21)22-10-5-2-6-11-22/h1-6,8-11,20,23-24,26,35H,7,12-19H2,(H,33,38)(H,36,37)(H4,30,31,32)/t20?,23?,24-/m1/s1. The minimum atomic E-state index is -1.17. The van der Waals surface area contributed by atoms with Crippen LogP contribution in [-0.2, 0) is 14.4 Å². The lowest BCUT2D eigenvalue weighted by atomic mass is 9.85. The first-order valence-corrected chi connectivity index (χ1v) is 13.4. The molecule has 0 unspecified atom stereocenters. The summed E-state index contributed by atoms with van der Waals surface area (Å²) in [6.45, 7) is 0.0281. The molecule has 10 nitrogen and oxygen atoms in total. The molecule has 1 aliphatic rings. The molecule has 3 rings (SSSR count). The zero-order chi connectivity index (χ0) is 28.2. The Labute approximate surface area is 229 Å². The second kappa shape index (κ2) is 14.9. The molecule has 210 valence electrons. The Kier molecular flexibility index (Phi) is 11.3. The number of carboxylic acid groups (broad SMARTS) is 1. The first kappa shape index (κ1) is 29.6. The first-order valence-electron chi connectivity index (χ1n) is 13.4. The van der Waals surface area contributed by atoms with Crippen LogP contribution in [0.3, 0.4) is 0 Å². The van der Waals surface area contributed by atoms with Gasteiger partial charge < -0.3 is 31.9 Å². The lowest BCUT2D eigenvalue weighted by Crippen LogP contribution is -2.53. The van der Waals surface area contributed by atoms with Gasteiger partial charge in [-0.2, -0.15) is 0 Å². The molecule has 0 aromatic heterocycles. The van der Waals surface area contributed by atoms with Gasteiger partial charge in [-0.1, -0.05) is 60.7 Å². The molecule has 1 fully saturated rings. The number of amides is 2. The van der Waals surface area contributed by atoms with E-state index in [4.69, 9.17) is 11.5 Å². The van der Waals surface area contributed by atoms with Gasteiger partial charge in [-0.05, 0) is 55.6 Å². The molecule has 10 heteroatoms. The van der Waals surface area contributed by atoms with Gasteiger partial charge in [0.15, 0.2) is 5.96 Å². The van der Waals surface area contributed by atoms with Crippen LogP contribution in [0.25, 0.3) is 0 Å². The number of rotatable bonds is 13. The van der Waals surface area contributed by atoms with Crippen molar-refractivity contribution in [3.8, 4) is 0 Å². The molecule has 0 heterocycles. The molecule has 1 saturated carbocycles. The molecule has 39 heavy (non-hydrogen) atoms. The fourth-order valence-corrected chi connectivity index (χ4v) is 5.11. The van der Waals surface area contributed by atoms with E-state index in [9.17, 15) is 24.6 Å². The maximum Gasteiger partial charge on any atom is 0.322 e. The van der Waals surface area contributed by atoms with Crippen molar-refractivity contribution in [2.45, 2.75) is 56.6 Å². The highest BCUT2D eigenvalue weighted by atomic mass is 16.4. The van der Waals surface area contributed by atoms with Crippen LogP contribution >= 0.6 is 0 Å². The van der Waals surface area contributed by atoms with Crippen LogP contribution < -0.4 is 16.8 Å². The summed E-state index contributed by atoms with van der Waals surface area (Å²) < 4.78 is 0. The topological polar surface area (TPSA) is 171 Å². The van der Waals surface area contributed by atoms with Crippen LogP contribution in [0.2, 0.25) is 0 Å². The summed E-state index contributed by atoms with van der Waals surface area (Å²) in [6, 6.07) is 17.9. The predicted octanol–water partition coefficient (Wildman–Crippen LogP) is 1.82. The smallest absolute Gasteiger partial charge is 0.322 e. The van der Waals surface area contributed by atoms with E-state index in [1.54, 1.807) is 4.90 Å². The monoisotopic (exact) mass is 537 g/mol. The Morgan fingerprint density at radius 1 is 0.949 bits per heavy atom. The zero-order valence-electron chi connectivity index (χ0n) is 22.1. The largest absolute Gasteiger partial charge is 0.480 e. The summed E-state index contributed by atoms with van der Waals surface area (Å²) >= 11 is 0. The van der Waals surface area contributed by atoms with Gasteiger partial charge in [-0.25, -0.2) is 0 Å². The fourth-order valence-electron chi connectivity index (χ4n) is 5.11.